The molecule has 0 aliphatic heterocycles. The van der Waals surface area contributed by atoms with Gasteiger partial charge in [-0.3, -0.25) is 4.79 Å². The highest BCUT2D eigenvalue weighted by molar-refractivity contribution is 5.98. The molecular formula is C18H27NO. The van der Waals surface area contributed by atoms with Gasteiger partial charge in [-0.1, -0.05) is 40.0 Å². The van der Waals surface area contributed by atoms with Crippen LogP contribution >= 0.6 is 0 Å². The van der Waals surface area contributed by atoms with Gasteiger partial charge in [-0.15, -0.1) is 0 Å². The van der Waals surface area contributed by atoms with E-state index in [0.717, 1.165) is 17.9 Å². The number of Topliss-reactive ketones (excluding diaryl/α,β-unsaturated/α-hetero) is 1. The third-order valence-corrected chi connectivity index (χ3v) is 5.28. The van der Waals surface area contributed by atoms with Crippen LogP contribution in [0.2, 0.25) is 0 Å². The highest BCUT2D eigenvalue weighted by atomic mass is 16.1. The zero-order valence-corrected chi connectivity index (χ0v) is 13.1. The van der Waals surface area contributed by atoms with Gasteiger partial charge in [-0.2, -0.15) is 0 Å². The molecule has 0 amide bonds. The Bertz CT molecular complexity index is 511. The van der Waals surface area contributed by atoms with Crippen molar-refractivity contribution in [2.75, 3.05) is 0 Å². The normalized spacial score (nSPS) is 29.9. The molecular weight excluding hydrogens is 246 g/mol. The average molecular weight is 273 g/mol. The van der Waals surface area contributed by atoms with Crippen molar-refractivity contribution in [1.29, 1.82) is 0 Å². The topological polar surface area (TPSA) is 22.0 Å². The average Bonchev–Trinajstić information content (AvgIpc) is 2.64. The van der Waals surface area contributed by atoms with Crippen LogP contribution < -0.4 is 0 Å². The van der Waals surface area contributed by atoms with E-state index in [9.17, 15) is 4.79 Å². The first kappa shape index (κ1) is 13.9. The summed E-state index contributed by atoms with van der Waals surface area (Å²) in [5.74, 6) is 1.07. The molecule has 1 heterocycles. The van der Waals surface area contributed by atoms with Gasteiger partial charge in [0.25, 0.3) is 0 Å². The molecule has 3 rings (SSSR count). The summed E-state index contributed by atoms with van der Waals surface area (Å²) in [7, 11) is 0. The maximum Gasteiger partial charge on any atom is 0.165 e. The van der Waals surface area contributed by atoms with Crippen LogP contribution in [0.5, 0.6) is 0 Å². The number of carbonyl (C=O) groups excluding carboxylic acids is 1. The molecule has 0 aromatic carbocycles. The van der Waals surface area contributed by atoms with Gasteiger partial charge in [-0.05, 0) is 36.7 Å². The van der Waals surface area contributed by atoms with Gasteiger partial charge in [0.1, 0.15) is 0 Å². The van der Waals surface area contributed by atoms with Crippen LogP contribution in [0.3, 0.4) is 0 Å². The largest absolute Gasteiger partial charge is 0.347 e. The van der Waals surface area contributed by atoms with E-state index in [1.54, 1.807) is 0 Å². The quantitative estimate of drug-likeness (QED) is 0.675. The molecule has 2 aliphatic rings. The van der Waals surface area contributed by atoms with Crippen LogP contribution in [0.25, 0.3) is 0 Å². The van der Waals surface area contributed by atoms with Gasteiger partial charge in [0.05, 0.1) is 0 Å². The molecule has 2 unspecified atom stereocenters. The first-order valence-electron chi connectivity index (χ1n) is 8.21. The molecule has 110 valence electrons. The predicted molar refractivity (Wildman–Crippen MR) is 82.2 cm³/mol. The fourth-order valence-corrected chi connectivity index (χ4v) is 4.16. The van der Waals surface area contributed by atoms with Gasteiger partial charge >= 0.3 is 0 Å². The van der Waals surface area contributed by atoms with Crippen LogP contribution in [-0.4, -0.2) is 10.4 Å². The van der Waals surface area contributed by atoms with Crippen LogP contribution in [0.1, 0.15) is 81.4 Å². The minimum atomic E-state index is 0.119. The van der Waals surface area contributed by atoms with Crippen LogP contribution in [0.15, 0.2) is 12.3 Å². The molecule has 0 N–H and O–H groups in total. The van der Waals surface area contributed by atoms with Crippen LogP contribution in [0, 0.1) is 11.3 Å². The minimum Gasteiger partial charge on any atom is -0.347 e. The van der Waals surface area contributed by atoms with Crippen molar-refractivity contribution < 1.29 is 4.79 Å². The van der Waals surface area contributed by atoms with Crippen molar-refractivity contribution >= 4 is 5.78 Å². The summed E-state index contributed by atoms with van der Waals surface area (Å²) >= 11 is 0. The van der Waals surface area contributed by atoms with E-state index in [1.807, 2.05) is 0 Å². The summed E-state index contributed by atoms with van der Waals surface area (Å²) in [6.07, 6.45) is 10.6. The van der Waals surface area contributed by atoms with E-state index < -0.39 is 0 Å². The zero-order valence-electron chi connectivity index (χ0n) is 13.1. The first-order chi connectivity index (χ1) is 9.48. The molecule has 2 aliphatic carbocycles. The molecule has 0 spiro atoms. The molecule has 0 radical (unpaired) electrons. The van der Waals surface area contributed by atoms with E-state index >= 15 is 0 Å². The van der Waals surface area contributed by atoms with E-state index in [-0.39, 0.29) is 5.41 Å². The Morgan fingerprint density at radius 3 is 2.70 bits per heavy atom. The minimum absolute atomic E-state index is 0.119. The second-order valence-corrected chi connectivity index (χ2v) is 7.71. The highest BCUT2D eigenvalue weighted by Crippen LogP contribution is 2.40. The smallest absolute Gasteiger partial charge is 0.165 e. The van der Waals surface area contributed by atoms with Crippen LogP contribution in [0.4, 0.5) is 0 Å². The maximum atomic E-state index is 12.3. The standard InChI is InChI=1S/C18H27NO/c1-13-7-5-4-6-8-15(13)19-10-9-14-16(19)11-18(2,3)12-17(14)20/h9-10,13,15H,4-8,11-12H2,1-3H3. The number of aromatic nitrogens is 1. The van der Waals surface area contributed by atoms with E-state index in [0.29, 0.717) is 18.2 Å². The third kappa shape index (κ3) is 2.45. The zero-order chi connectivity index (χ0) is 14.3. The van der Waals surface area contributed by atoms with Gasteiger partial charge in [-0.25, -0.2) is 0 Å². The third-order valence-electron chi connectivity index (χ3n) is 5.28. The van der Waals surface area contributed by atoms with E-state index in [1.165, 1.54) is 37.8 Å². The van der Waals surface area contributed by atoms with E-state index in [2.05, 4.69) is 37.6 Å². The number of carbonyl (C=O) groups is 1. The molecule has 20 heavy (non-hydrogen) atoms. The summed E-state index contributed by atoms with van der Waals surface area (Å²) in [5.41, 5.74) is 2.43. The van der Waals surface area contributed by atoms with Crippen molar-refractivity contribution in [1.82, 2.24) is 4.57 Å². The Hall–Kier alpha value is -1.05. The van der Waals surface area contributed by atoms with Crippen LogP contribution in [-0.2, 0) is 6.42 Å². The molecule has 1 aromatic heterocycles. The Morgan fingerprint density at radius 2 is 1.90 bits per heavy atom. The molecule has 1 fully saturated rings. The lowest BCUT2D eigenvalue weighted by atomic mass is 9.76. The number of hydrogen-bond donors (Lipinski definition) is 0. The summed E-state index contributed by atoms with van der Waals surface area (Å²) in [6, 6.07) is 2.67. The molecule has 2 heteroatoms. The SMILES string of the molecule is CC1CCCCCC1n1ccc2c1CC(C)(C)CC2=O. The second kappa shape index (κ2) is 5.05. The number of nitrogens with zero attached hydrogens (tertiary/aromatic N) is 1. The lowest BCUT2D eigenvalue weighted by Gasteiger charge is -2.33. The summed E-state index contributed by atoms with van der Waals surface area (Å²) in [5, 5.41) is 0. The Kier molecular flexibility index (Phi) is 3.51. The van der Waals surface area contributed by atoms with Crippen molar-refractivity contribution in [3.63, 3.8) is 0 Å². The predicted octanol–water partition coefficient (Wildman–Crippen LogP) is 4.78. The lowest BCUT2D eigenvalue weighted by Crippen LogP contribution is -2.29. The fraction of sp³-hybridized carbons (Fsp3) is 0.722. The van der Waals surface area contributed by atoms with Gasteiger partial charge < -0.3 is 4.57 Å². The Labute approximate surface area is 122 Å². The van der Waals surface area contributed by atoms with Crippen molar-refractivity contribution in [3.05, 3.63) is 23.5 Å². The maximum absolute atomic E-state index is 12.3. The monoisotopic (exact) mass is 273 g/mol. The molecule has 1 saturated carbocycles. The first-order valence-corrected chi connectivity index (χ1v) is 8.21. The summed E-state index contributed by atoms with van der Waals surface area (Å²) in [6.45, 7) is 6.83. The number of fused-ring (bicyclic) bond motifs is 1. The van der Waals surface area contributed by atoms with E-state index in [4.69, 9.17) is 0 Å². The number of ketones is 1. The Morgan fingerprint density at radius 1 is 1.15 bits per heavy atom. The molecule has 2 nitrogen and oxygen atoms in total. The van der Waals surface area contributed by atoms with Gasteiger partial charge in [0, 0.05) is 29.9 Å². The molecule has 1 aromatic rings. The fourth-order valence-electron chi connectivity index (χ4n) is 4.16. The second-order valence-electron chi connectivity index (χ2n) is 7.71. The lowest BCUT2D eigenvalue weighted by molar-refractivity contribution is 0.0908. The molecule has 2 atom stereocenters. The highest BCUT2D eigenvalue weighted by Gasteiger charge is 2.35. The summed E-state index contributed by atoms with van der Waals surface area (Å²) in [4.78, 5) is 12.3. The van der Waals surface area contributed by atoms with Gasteiger partial charge in [0.15, 0.2) is 5.78 Å². The molecule has 0 saturated heterocycles. The van der Waals surface area contributed by atoms with Gasteiger partial charge in [0.2, 0.25) is 0 Å². The number of rotatable bonds is 1. The molecule has 0 bridgehead atoms. The Balaban J connectivity index is 1.97. The number of hydrogen-bond acceptors (Lipinski definition) is 1. The van der Waals surface area contributed by atoms with Crippen molar-refractivity contribution in [2.45, 2.75) is 71.8 Å². The van der Waals surface area contributed by atoms with Crippen molar-refractivity contribution in [3.8, 4) is 0 Å². The van der Waals surface area contributed by atoms with Crippen molar-refractivity contribution in [2.24, 2.45) is 11.3 Å². The summed E-state index contributed by atoms with van der Waals surface area (Å²) < 4.78 is 2.46.